The van der Waals surface area contributed by atoms with Gasteiger partial charge < -0.3 is 5.73 Å². The second-order valence-electron chi connectivity index (χ2n) is 2.98. The van der Waals surface area contributed by atoms with Gasteiger partial charge in [0.05, 0.1) is 5.69 Å². The third kappa shape index (κ3) is 3.55. The van der Waals surface area contributed by atoms with Gasteiger partial charge in [-0.25, -0.2) is 5.48 Å². The van der Waals surface area contributed by atoms with Crippen LogP contribution in [-0.2, 0) is 16.1 Å². The first-order valence-corrected chi connectivity index (χ1v) is 5.44. The van der Waals surface area contributed by atoms with Crippen LogP contribution in [0.2, 0.25) is 0 Å². The number of nitrogens with two attached hydrogens (primary N) is 1. The third-order valence-electron chi connectivity index (χ3n) is 1.63. The molecule has 16 heavy (non-hydrogen) atoms. The van der Waals surface area contributed by atoms with Gasteiger partial charge in [0.15, 0.2) is 6.61 Å². The van der Waals surface area contributed by atoms with Gasteiger partial charge in [0.2, 0.25) is 5.91 Å². The van der Waals surface area contributed by atoms with E-state index in [-0.39, 0.29) is 6.61 Å². The van der Waals surface area contributed by atoms with Gasteiger partial charge in [-0.3, -0.25) is 14.4 Å². The van der Waals surface area contributed by atoms with Gasteiger partial charge in [0.1, 0.15) is 4.88 Å². The highest BCUT2D eigenvalue weighted by atomic mass is 32.1. The number of nitrogens with zero attached hydrogens (tertiary/aromatic N) is 2. The van der Waals surface area contributed by atoms with Gasteiger partial charge in [-0.2, -0.15) is 0 Å². The molecular weight excluding hydrogens is 232 g/mol. The van der Waals surface area contributed by atoms with Gasteiger partial charge in [-0.15, -0.1) is 5.10 Å². The Balaban J connectivity index is 2.52. The zero-order valence-electron chi connectivity index (χ0n) is 8.73. The summed E-state index contributed by atoms with van der Waals surface area (Å²) in [6.07, 6.45) is 1.54. The van der Waals surface area contributed by atoms with Crippen LogP contribution in [0.25, 0.3) is 0 Å². The molecule has 3 N–H and O–H groups in total. The number of hydrogen-bond acceptors (Lipinski definition) is 6. The summed E-state index contributed by atoms with van der Waals surface area (Å²) < 4.78 is 3.69. The third-order valence-corrected chi connectivity index (χ3v) is 2.39. The van der Waals surface area contributed by atoms with Gasteiger partial charge in [0.25, 0.3) is 5.91 Å². The van der Waals surface area contributed by atoms with E-state index >= 15 is 0 Å². The Labute approximate surface area is 96.1 Å². The van der Waals surface area contributed by atoms with Crippen LogP contribution in [0.5, 0.6) is 0 Å². The zero-order valence-corrected chi connectivity index (χ0v) is 9.54. The van der Waals surface area contributed by atoms with Gasteiger partial charge in [-0.1, -0.05) is 17.8 Å². The van der Waals surface area contributed by atoms with E-state index in [0.29, 0.717) is 17.0 Å². The van der Waals surface area contributed by atoms with Crippen LogP contribution in [0.4, 0.5) is 0 Å². The number of carbonyl (C=O) groups is 2. The Kier molecular flexibility index (Phi) is 4.80. The number of primary amides is 1. The summed E-state index contributed by atoms with van der Waals surface area (Å²) in [6, 6.07) is 0. The minimum absolute atomic E-state index is 0.360. The fourth-order valence-corrected chi connectivity index (χ4v) is 1.59. The standard InChI is InChI=1S/C8H12N4O3S/c1-2-3-5-7(16-12-10-5)8(14)11-15-4-6(9)13/h2-4H2,1H3,(H2,9,13)(H,11,14). The summed E-state index contributed by atoms with van der Waals surface area (Å²) in [7, 11) is 0. The highest BCUT2D eigenvalue weighted by molar-refractivity contribution is 7.07. The predicted molar refractivity (Wildman–Crippen MR) is 56.5 cm³/mol. The minimum atomic E-state index is -0.656. The first kappa shape index (κ1) is 12.5. The molecule has 1 rings (SSSR count). The lowest BCUT2D eigenvalue weighted by atomic mass is 10.2. The Morgan fingerprint density at radius 1 is 1.56 bits per heavy atom. The maximum atomic E-state index is 11.5. The molecule has 0 aliphatic rings. The number of nitrogens with one attached hydrogen (secondary N) is 1. The summed E-state index contributed by atoms with van der Waals surface area (Å²) >= 11 is 0.987. The molecule has 0 radical (unpaired) electrons. The lowest BCUT2D eigenvalue weighted by Gasteiger charge is -2.02. The average molecular weight is 244 g/mol. The van der Waals surface area contributed by atoms with Crippen LogP contribution >= 0.6 is 11.5 Å². The van der Waals surface area contributed by atoms with E-state index in [9.17, 15) is 9.59 Å². The summed E-state index contributed by atoms with van der Waals surface area (Å²) in [5, 5.41) is 3.83. The number of carbonyl (C=O) groups excluding carboxylic acids is 2. The molecule has 0 spiro atoms. The molecule has 8 heteroatoms. The van der Waals surface area contributed by atoms with Crippen LogP contribution in [-0.4, -0.2) is 28.0 Å². The van der Waals surface area contributed by atoms with E-state index in [1.165, 1.54) is 0 Å². The van der Waals surface area contributed by atoms with Gasteiger partial charge in [0, 0.05) is 0 Å². The summed E-state index contributed by atoms with van der Waals surface area (Å²) in [5.74, 6) is -1.11. The molecular formula is C8H12N4O3S. The van der Waals surface area contributed by atoms with E-state index in [0.717, 1.165) is 18.0 Å². The first-order valence-electron chi connectivity index (χ1n) is 4.66. The second-order valence-corrected chi connectivity index (χ2v) is 3.74. The van der Waals surface area contributed by atoms with Crippen molar-refractivity contribution in [2.75, 3.05) is 6.61 Å². The number of aryl methyl sites for hydroxylation is 1. The Morgan fingerprint density at radius 2 is 2.31 bits per heavy atom. The molecule has 0 aromatic carbocycles. The van der Waals surface area contributed by atoms with E-state index in [1.54, 1.807) is 0 Å². The Hall–Kier alpha value is -1.54. The molecule has 0 aliphatic carbocycles. The van der Waals surface area contributed by atoms with Crippen LogP contribution < -0.4 is 11.2 Å². The van der Waals surface area contributed by atoms with Crippen LogP contribution in [0.15, 0.2) is 0 Å². The summed E-state index contributed by atoms with van der Waals surface area (Å²) in [5.41, 5.74) is 7.58. The van der Waals surface area contributed by atoms with Crippen molar-refractivity contribution in [1.82, 2.24) is 15.1 Å². The molecule has 0 atom stereocenters. The van der Waals surface area contributed by atoms with E-state index in [2.05, 4.69) is 19.9 Å². The smallest absolute Gasteiger partial charge is 0.288 e. The second kappa shape index (κ2) is 6.13. The minimum Gasteiger partial charge on any atom is -0.368 e. The molecule has 0 saturated carbocycles. The normalized spacial score (nSPS) is 10.1. The zero-order chi connectivity index (χ0) is 12.0. The SMILES string of the molecule is CCCc1nnsc1C(=O)NOCC(N)=O. The van der Waals surface area contributed by atoms with E-state index in [1.807, 2.05) is 6.92 Å². The molecule has 1 heterocycles. The number of amides is 2. The van der Waals surface area contributed by atoms with E-state index in [4.69, 9.17) is 5.73 Å². The molecule has 0 saturated heterocycles. The maximum absolute atomic E-state index is 11.5. The largest absolute Gasteiger partial charge is 0.368 e. The maximum Gasteiger partial charge on any atom is 0.288 e. The van der Waals surface area contributed by atoms with Crippen molar-refractivity contribution in [3.05, 3.63) is 10.6 Å². The molecule has 0 fully saturated rings. The van der Waals surface area contributed by atoms with Crippen molar-refractivity contribution in [1.29, 1.82) is 0 Å². The highest BCUT2D eigenvalue weighted by Crippen LogP contribution is 2.11. The average Bonchev–Trinajstić information content (AvgIpc) is 2.66. The molecule has 7 nitrogen and oxygen atoms in total. The van der Waals surface area contributed by atoms with Gasteiger partial charge in [-0.05, 0) is 18.0 Å². The summed E-state index contributed by atoms with van der Waals surface area (Å²) in [4.78, 5) is 26.9. The molecule has 0 unspecified atom stereocenters. The Morgan fingerprint density at radius 3 is 2.94 bits per heavy atom. The van der Waals surface area contributed by atoms with E-state index < -0.39 is 11.8 Å². The molecule has 1 aromatic rings. The molecule has 2 amide bonds. The molecule has 88 valence electrons. The lowest BCUT2D eigenvalue weighted by Crippen LogP contribution is -2.29. The van der Waals surface area contributed by atoms with Gasteiger partial charge >= 0.3 is 0 Å². The number of hydroxylamine groups is 1. The topological polar surface area (TPSA) is 107 Å². The van der Waals surface area contributed by atoms with Crippen molar-refractivity contribution in [3.63, 3.8) is 0 Å². The molecule has 0 aliphatic heterocycles. The summed E-state index contributed by atoms with van der Waals surface area (Å²) in [6.45, 7) is 1.62. The van der Waals surface area contributed by atoms with Crippen molar-refractivity contribution < 1.29 is 14.4 Å². The van der Waals surface area contributed by atoms with Crippen molar-refractivity contribution in [2.45, 2.75) is 19.8 Å². The van der Waals surface area contributed by atoms with Crippen molar-refractivity contribution >= 4 is 23.3 Å². The fraction of sp³-hybridized carbons (Fsp3) is 0.500. The molecule has 0 bridgehead atoms. The fourth-order valence-electron chi connectivity index (χ4n) is 1.00. The monoisotopic (exact) mass is 244 g/mol. The number of hydrogen-bond donors (Lipinski definition) is 2. The van der Waals surface area contributed by atoms with Crippen molar-refractivity contribution in [2.24, 2.45) is 5.73 Å². The molecule has 1 aromatic heterocycles. The quantitative estimate of drug-likeness (QED) is 0.664. The predicted octanol–water partition coefficient (Wildman–Crippen LogP) is -0.363. The van der Waals surface area contributed by atoms with Crippen molar-refractivity contribution in [3.8, 4) is 0 Å². The first-order chi connectivity index (χ1) is 7.65. The van der Waals surface area contributed by atoms with Crippen LogP contribution in [0, 0.1) is 0 Å². The highest BCUT2D eigenvalue weighted by Gasteiger charge is 2.15. The number of aromatic nitrogens is 2. The lowest BCUT2D eigenvalue weighted by molar-refractivity contribution is -0.124. The Bertz CT molecular complexity index is 379. The van der Waals surface area contributed by atoms with Crippen LogP contribution in [0.1, 0.15) is 28.7 Å². The van der Waals surface area contributed by atoms with Crippen LogP contribution in [0.3, 0.4) is 0 Å². The number of rotatable bonds is 6.